The molecule has 186 valence electrons. The number of nitrogens with zero attached hydrogens (tertiary/aromatic N) is 2. The molecule has 2 aliphatic rings. The summed E-state index contributed by atoms with van der Waals surface area (Å²) in [6.45, 7) is 5.51. The molecule has 2 fully saturated rings. The van der Waals surface area contributed by atoms with Crippen molar-refractivity contribution in [3.63, 3.8) is 0 Å². The summed E-state index contributed by atoms with van der Waals surface area (Å²) in [4.78, 5) is 14.0. The highest BCUT2D eigenvalue weighted by molar-refractivity contribution is 7.89. The summed E-state index contributed by atoms with van der Waals surface area (Å²) in [7, 11) is -3.65. The van der Waals surface area contributed by atoms with Crippen LogP contribution in [0.3, 0.4) is 0 Å². The fourth-order valence-electron chi connectivity index (χ4n) is 3.84. The van der Waals surface area contributed by atoms with E-state index in [1.54, 1.807) is 18.7 Å². The molecule has 33 heavy (non-hydrogen) atoms. The number of sulfonamides is 1. The molecule has 2 heterocycles. The third kappa shape index (κ3) is 6.95. The van der Waals surface area contributed by atoms with E-state index in [1.807, 2.05) is 0 Å². The van der Waals surface area contributed by atoms with Gasteiger partial charge in [-0.15, -0.1) is 0 Å². The molecule has 2 atom stereocenters. The zero-order valence-electron chi connectivity index (χ0n) is 18.5. The molecule has 2 N–H and O–H groups in total. The third-order valence-electron chi connectivity index (χ3n) is 5.36. The van der Waals surface area contributed by atoms with Crippen molar-refractivity contribution < 1.29 is 35.9 Å². The van der Waals surface area contributed by atoms with Gasteiger partial charge in [0.25, 0.3) is 0 Å². The van der Waals surface area contributed by atoms with Gasteiger partial charge in [0.2, 0.25) is 10.0 Å². The number of anilines is 2. The summed E-state index contributed by atoms with van der Waals surface area (Å²) < 4.78 is 77.9. The van der Waals surface area contributed by atoms with Crippen LogP contribution in [0.2, 0.25) is 0 Å². The summed E-state index contributed by atoms with van der Waals surface area (Å²) in [5, 5.41) is 4.51. The number of amides is 2. The van der Waals surface area contributed by atoms with E-state index in [1.165, 1.54) is 16.4 Å². The molecule has 2 amide bonds. The van der Waals surface area contributed by atoms with Gasteiger partial charge >= 0.3 is 12.2 Å². The number of nitrogens with one attached hydrogen (secondary N) is 2. The number of benzene rings is 1. The van der Waals surface area contributed by atoms with Crippen LogP contribution >= 0.6 is 0 Å². The molecule has 0 saturated carbocycles. The van der Waals surface area contributed by atoms with Crippen molar-refractivity contribution in [3.05, 3.63) is 23.8 Å². The van der Waals surface area contributed by atoms with Crippen LogP contribution in [0.4, 0.5) is 29.3 Å². The topological polar surface area (TPSA) is 100 Å². The lowest BCUT2D eigenvalue weighted by molar-refractivity contribution is -0.136. The first kappa shape index (κ1) is 25.5. The van der Waals surface area contributed by atoms with Crippen LogP contribution in [0.15, 0.2) is 18.2 Å². The Hall–Kier alpha value is -2.09. The van der Waals surface area contributed by atoms with E-state index in [2.05, 4.69) is 10.6 Å². The average Bonchev–Trinajstić information content (AvgIpc) is 2.73. The normalized spacial score (nSPS) is 22.8. The van der Waals surface area contributed by atoms with E-state index < -0.39 is 33.5 Å². The Labute approximate surface area is 191 Å². The lowest BCUT2D eigenvalue weighted by Gasteiger charge is -2.34. The largest absolute Gasteiger partial charge is 0.418 e. The minimum atomic E-state index is -4.68. The fourth-order valence-corrected chi connectivity index (χ4v) is 5.33. The second-order valence-corrected chi connectivity index (χ2v) is 10.2. The summed E-state index contributed by atoms with van der Waals surface area (Å²) in [6, 6.07) is 2.77. The molecule has 0 radical (unpaired) electrons. The maximum absolute atomic E-state index is 13.6. The van der Waals surface area contributed by atoms with E-state index in [9.17, 15) is 26.4 Å². The third-order valence-corrected chi connectivity index (χ3v) is 7.16. The molecular weight excluding hydrogens is 465 g/mol. The van der Waals surface area contributed by atoms with Crippen molar-refractivity contribution >= 4 is 27.4 Å². The van der Waals surface area contributed by atoms with Crippen LogP contribution in [-0.2, 0) is 25.7 Å². The number of urea groups is 1. The van der Waals surface area contributed by atoms with Crippen molar-refractivity contribution in [3.8, 4) is 0 Å². The number of morpholine rings is 2. The van der Waals surface area contributed by atoms with Crippen LogP contribution in [0.25, 0.3) is 0 Å². The maximum Gasteiger partial charge on any atom is 0.418 e. The Morgan fingerprint density at radius 3 is 2.39 bits per heavy atom. The molecule has 0 bridgehead atoms. The van der Waals surface area contributed by atoms with E-state index in [0.717, 1.165) is 6.07 Å². The monoisotopic (exact) mass is 494 g/mol. The number of rotatable bonds is 6. The van der Waals surface area contributed by atoms with Crippen molar-refractivity contribution in [1.82, 2.24) is 9.62 Å². The minimum Gasteiger partial charge on any atom is -0.378 e. The first-order valence-electron chi connectivity index (χ1n) is 10.7. The molecular formula is C20H29F3N4O5S. The molecule has 0 aliphatic carbocycles. The number of ether oxygens (including phenoxy) is 2. The molecule has 0 aromatic heterocycles. The van der Waals surface area contributed by atoms with Gasteiger partial charge in [-0.1, -0.05) is 0 Å². The number of carbonyl (C=O) groups excluding carboxylic acids is 1. The highest BCUT2D eigenvalue weighted by atomic mass is 32.2. The predicted molar refractivity (Wildman–Crippen MR) is 117 cm³/mol. The summed E-state index contributed by atoms with van der Waals surface area (Å²) in [5.74, 6) is -0.373. The van der Waals surface area contributed by atoms with E-state index in [0.29, 0.717) is 32.0 Å². The Kier molecular flexibility index (Phi) is 8.08. The first-order valence-corrected chi connectivity index (χ1v) is 12.3. The number of hydrogen-bond acceptors (Lipinski definition) is 6. The molecule has 3 rings (SSSR count). The van der Waals surface area contributed by atoms with Gasteiger partial charge in [0, 0.05) is 38.4 Å². The SMILES string of the molecule is CC1CN(S(=O)(=O)CCNC(=O)Nc2ccc(N3CCOCC3)cc2C(F)(F)F)CC(C)O1. The predicted octanol–water partition coefficient (Wildman–Crippen LogP) is 2.10. The van der Waals surface area contributed by atoms with Crippen LogP contribution in [0.5, 0.6) is 0 Å². The summed E-state index contributed by atoms with van der Waals surface area (Å²) in [6.07, 6.45) is -5.18. The van der Waals surface area contributed by atoms with Gasteiger partial charge < -0.3 is 25.0 Å². The Morgan fingerprint density at radius 1 is 1.15 bits per heavy atom. The van der Waals surface area contributed by atoms with Gasteiger partial charge in [0.05, 0.1) is 42.4 Å². The molecule has 2 aliphatic heterocycles. The quantitative estimate of drug-likeness (QED) is 0.629. The van der Waals surface area contributed by atoms with Gasteiger partial charge in [-0.25, -0.2) is 13.2 Å². The number of carbonyl (C=O) groups is 1. The number of hydrogen-bond donors (Lipinski definition) is 2. The molecule has 13 heteroatoms. The summed E-state index contributed by atoms with van der Waals surface area (Å²) >= 11 is 0. The Balaban J connectivity index is 1.60. The van der Waals surface area contributed by atoms with Crippen LogP contribution in [-0.4, -0.2) is 82.7 Å². The van der Waals surface area contributed by atoms with E-state index >= 15 is 0 Å². The maximum atomic E-state index is 13.6. The number of alkyl halides is 3. The molecule has 1 aromatic carbocycles. The zero-order valence-corrected chi connectivity index (χ0v) is 19.3. The molecule has 2 saturated heterocycles. The molecule has 0 spiro atoms. The van der Waals surface area contributed by atoms with Gasteiger partial charge in [-0.3, -0.25) is 0 Å². The lowest BCUT2D eigenvalue weighted by Crippen LogP contribution is -2.49. The second-order valence-electron chi connectivity index (χ2n) is 8.10. The summed E-state index contributed by atoms with van der Waals surface area (Å²) in [5.41, 5.74) is -1.00. The van der Waals surface area contributed by atoms with Gasteiger partial charge in [-0.2, -0.15) is 17.5 Å². The van der Waals surface area contributed by atoms with Gasteiger partial charge in [0.1, 0.15) is 0 Å². The first-order chi connectivity index (χ1) is 15.5. The van der Waals surface area contributed by atoms with Crippen molar-refractivity contribution in [2.24, 2.45) is 0 Å². The zero-order chi connectivity index (χ0) is 24.2. The average molecular weight is 495 g/mol. The van der Waals surface area contributed by atoms with Crippen molar-refractivity contribution in [2.45, 2.75) is 32.2 Å². The van der Waals surface area contributed by atoms with Crippen molar-refractivity contribution in [1.29, 1.82) is 0 Å². The minimum absolute atomic E-state index is 0.212. The van der Waals surface area contributed by atoms with Crippen LogP contribution < -0.4 is 15.5 Å². The molecule has 2 unspecified atom stereocenters. The highest BCUT2D eigenvalue weighted by Gasteiger charge is 2.35. The van der Waals surface area contributed by atoms with Crippen LogP contribution in [0.1, 0.15) is 19.4 Å². The van der Waals surface area contributed by atoms with E-state index in [-0.39, 0.29) is 37.6 Å². The van der Waals surface area contributed by atoms with Crippen LogP contribution in [0, 0.1) is 0 Å². The highest BCUT2D eigenvalue weighted by Crippen LogP contribution is 2.37. The molecule has 9 nitrogen and oxygen atoms in total. The van der Waals surface area contributed by atoms with Gasteiger partial charge in [0.15, 0.2) is 0 Å². The van der Waals surface area contributed by atoms with E-state index in [4.69, 9.17) is 9.47 Å². The smallest absolute Gasteiger partial charge is 0.378 e. The lowest BCUT2D eigenvalue weighted by atomic mass is 10.1. The second kappa shape index (κ2) is 10.5. The van der Waals surface area contributed by atoms with Gasteiger partial charge in [-0.05, 0) is 32.0 Å². The molecule has 1 aromatic rings. The Morgan fingerprint density at radius 2 is 1.79 bits per heavy atom. The Bertz CT molecular complexity index is 928. The van der Waals surface area contributed by atoms with Crippen molar-refractivity contribution in [2.75, 3.05) is 61.9 Å². The number of halogens is 3. The fraction of sp³-hybridized carbons (Fsp3) is 0.650. The standard InChI is InChI=1S/C20H29F3N4O5S/c1-14-12-27(13-15(2)32-14)33(29,30)10-5-24-19(28)25-18-4-3-16(11-17(18)20(21,22)23)26-6-8-31-9-7-26/h3-4,11,14-15H,5-10,12-13H2,1-2H3,(H2,24,25,28).